The molecule has 23 heavy (non-hydrogen) atoms. The number of anilines is 1. The molecule has 2 amide bonds. The number of amides is 2. The number of halogens is 1. The molecule has 0 saturated carbocycles. The molecule has 0 unspecified atom stereocenters. The zero-order chi connectivity index (χ0) is 16.7. The van der Waals surface area contributed by atoms with E-state index in [0.29, 0.717) is 16.6 Å². The van der Waals surface area contributed by atoms with Gasteiger partial charge in [0.05, 0.1) is 5.56 Å². The summed E-state index contributed by atoms with van der Waals surface area (Å²) in [5.41, 5.74) is 6.57. The molecule has 2 rings (SSSR count). The van der Waals surface area contributed by atoms with Crippen LogP contribution in [0.1, 0.15) is 55.4 Å². The van der Waals surface area contributed by atoms with Gasteiger partial charge in [0.1, 0.15) is 5.00 Å². The molecule has 0 atom stereocenters. The largest absolute Gasteiger partial charge is 0.365 e. The Morgan fingerprint density at radius 1 is 1.30 bits per heavy atom. The van der Waals surface area contributed by atoms with Crippen molar-refractivity contribution in [3.63, 3.8) is 0 Å². The van der Waals surface area contributed by atoms with E-state index >= 15 is 0 Å². The van der Waals surface area contributed by atoms with E-state index in [1.165, 1.54) is 11.3 Å². The highest BCUT2D eigenvalue weighted by Gasteiger charge is 2.30. The molecule has 0 radical (unpaired) electrons. The monoisotopic (exact) mass is 359 g/mol. The Morgan fingerprint density at radius 2 is 1.91 bits per heavy atom. The molecule has 7 heteroatoms. The van der Waals surface area contributed by atoms with Gasteiger partial charge in [-0.25, -0.2) is 0 Å². The van der Waals surface area contributed by atoms with Crippen molar-refractivity contribution in [1.82, 2.24) is 4.90 Å². The van der Waals surface area contributed by atoms with Crippen LogP contribution in [0.5, 0.6) is 0 Å². The van der Waals surface area contributed by atoms with E-state index in [-0.39, 0.29) is 18.3 Å². The Balaban J connectivity index is 0.00000264. The molecule has 1 aliphatic rings. The fourth-order valence-corrected chi connectivity index (χ4v) is 3.78. The van der Waals surface area contributed by atoms with Crippen LogP contribution >= 0.6 is 23.7 Å². The maximum atomic E-state index is 12.2. The Morgan fingerprint density at radius 3 is 2.39 bits per heavy atom. The van der Waals surface area contributed by atoms with Crippen LogP contribution in [-0.2, 0) is 17.8 Å². The topological polar surface area (TPSA) is 75.4 Å². The molecule has 5 nitrogen and oxygen atoms in total. The van der Waals surface area contributed by atoms with Gasteiger partial charge in [-0.1, -0.05) is 20.8 Å². The highest BCUT2D eigenvalue weighted by molar-refractivity contribution is 7.17. The van der Waals surface area contributed by atoms with Crippen molar-refractivity contribution in [3.05, 3.63) is 16.0 Å². The van der Waals surface area contributed by atoms with Crippen LogP contribution in [0.25, 0.3) is 0 Å². The van der Waals surface area contributed by atoms with E-state index in [2.05, 4.69) is 24.1 Å². The molecule has 0 saturated heterocycles. The number of fused-ring (bicyclic) bond motifs is 1. The minimum absolute atomic E-state index is 0. The van der Waals surface area contributed by atoms with Crippen LogP contribution in [-0.4, -0.2) is 29.3 Å². The van der Waals surface area contributed by atoms with Gasteiger partial charge in [-0.2, -0.15) is 0 Å². The van der Waals surface area contributed by atoms with Crippen LogP contribution < -0.4 is 11.1 Å². The zero-order valence-corrected chi connectivity index (χ0v) is 16.0. The third kappa shape index (κ3) is 4.25. The molecule has 1 aliphatic heterocycles. The summed E-state index contributed by atoms with van der Waals surface area (Å²) >= 11 is 1.48. The van der Waals surface area contributed by atoms with Gasteiger partial charge in [-0.3, -0.25) is 14.5 Å². The Hall–Kier alpha value is -1.11. The number of nitrogens with zero attached hydrogens (tertiary/aromatic N) is 1. The molecule has 2 heterocycles. The summed E-state index contributed by atoms with van der Waals surface area (Å²) in [4.78, 5) is 27.6. The van der Waals surface area contributed by atoms with Crippen LogP contribution in [0.2, 0.25) is 0 Å². The number of nitrogens with two attached hydrogens (primary N) is 1. The number of hydrogen-bond donors (Lipinski definition) is 2. The van der Waals surface area contributed by atoms with Crippen molar-refractivity contribution < 1.29 is 9.59 Å². The fourth-order valence-electron chi connectivity index (χ4n) is 2.50. The molecule has 130 valence electrons. The predicted octanol–water partition coefficient (Wildman–Crippen LogP) is 3.02. The Bertz CT molecular complexity index is 605. The summed E-state index contributed by atoms with van der Waals surface area (Å²) in [5, 5.41) is 3.49. The van der Waals surface area contributed by atoms with Gasteiger partial charge in [0, 0.05) is 29.4 Å². The smallest absolute Gasteiger partial charge is 0.251 e. The molecule has 0 aliphatic carbocycles. The van der Waals surface area contributed by atoms with Crippen LogP contribution in [0.3, 0.4) is 0 Å². The second-order valence-corrected chi connectivity index (χ2v) is 8.20. The number of hydrogen-bond acceptors (Lipinski definition) is 4. The summed E-state index contributed by atoms with van der Waals surface area (Å²) in [6.45, 7) is 11.6. The third-order valence-electron chi connectivity index (χ3n) is 3.97. The van der Waals surface area contributed by atoms with Crippen molar-refractivity contribution in [1.29, 1.82) is 0 Å². The van der Waals surface area contributed by atoms with Crippen molar-refractivity contribution in [2.45, 2.75) is 53.6 Å². The first-order valence-electron chi connectivity index (χ1n) is 7.61. The maximum Gasteiger partial charge on any atom is 0.251 e. The van der Waals surface area contributed by atoms with Gasteiger partial charge in [-0.15, -0.1) is 23.7 Å². The first-order valence-corrected chi connectivity index (χ1v) is 8.42. The predicted molar refractivity (Wildman–Crippen MR) is 97.4 cm³/mol. The molecule has 0 spiro atoms. The second kappa shape index (κ2) is 7.20. The Kier molecular flexibility index (Phi) is 6.24. The molecular formula is C16H26ClN3O2S. The molecular weight excluding hydrogens is 334 g/mol. The van der Waals surface area contributed by atoms with E-state index in [1.807, 2.05) is 20.8 Å². The lowest BCUT2D eigenvalue weighted by Gasteiger charge is -2.30. The number of rotatable bonds is 3. The zero-order valence-electron chi connectivity index (χ0n) is 14.4. The lowest BCUT2D eigenvalue weighted by molar-refractivity contribution is -0.123. The number of carbonyl (C=O) groups is 2. The SMILES string of the molecule is CC(C)N1CCc2c(sc(NC(=O)C(C)(C)C)c2C(N)=O)C1.Cl. The first kappa shape index (κ1) is 19.9. The van der Waals surface area contributed by atoms with Gasteiger partial charge < -0.3 is 11.1 Å². The summed E-state index contributed by atoms with van der Waals surface area (Å²) < 4.78 is 0. The number of thiophene rings is 1. The summed E-state index contributed by atoms with van der Waals surface area (Å²) in [7, 11) is 0. The second-order valence-electron chi connectivity index (χ2n) is 7.09. The van der Waals surface area contributed by atoms with Gasteiger partial charge >= 0.3 is 0 Å². The van der Waals surface area contributed by atoms with Crippen LogP contribution in [0.4, 0.5) is 5.00 Å². The van der Waals surface area contributed by atoms with E-state index in [0.717, 1.165) is 30.0 Å². The van der Waals surface area contributed by atoms with Crippen molar-refractivity contribution in [2.75, 3.05) is 11.9 Å². The van der Waals surface area contributed by atoms with Crippen molar-refractivity contribution in [2.24, 2.45) is 11.1 Å². The van der Waals surface area contributed by atoms with Crippen LogP contribution in [0.15, 0.2) is 0 Å². The lowest BCUT2D eigenvalue weighted by Crippen LogP contribution is -2.35. The minimum Gasteiger partial charge on any atom is -0.365 e. The Labute approximate surface area is 148 Å². The van der Waals surface area contributed by atoms with Gasteiger partial charge in [0.15, 0.2) is 0 Å². The summed E-state index contributed by atoms with van der Waals surface area (Å²) in [6.07, 6.45) is 0.799. The molecule has 1 aromatic heterocycles. The molecule has 0 aromatic carbocycles. The quantitative estimate of drug-likeness (QED) is 0.870. The average Bonchev–Trinajstić information content (AvgIpc) is 2.74. The highest BCUT2D eigenvalue weighted by atomic mass is 35.5. The number of nitrogens with one attached hydrogen (secondary N) is 1. The minimum atomic E-state index is -0.511. The number of carbonyl (C=O) groups excluding carboxylic acids is 2. The normalized spacial score (nSPS) is 15.0. The third-order valence-corrected chi connectivity index (χ3v) is 5.10. The van der Waals surface area contributed by atoms with Crippen molar-refractivity contribution in [3.8, 4) is 0 Å². The fraction of sp³-hybridized carbons (Fsp3) is 0.625. The van der Waals surface area contributed by atoms with Crippen molar-refractivity contribution >= 4 is 40.6 Å². The average molecular weight is 360 g/mol. The van der Waals surface area contributed by atoms with E-state index in [9.17, 15) is 9.59 Å². The number of primary amides is 1. The molecule has 1 aromatic rings. The maximum absolute atomic E-state index is 12.2. The lowest BCUT2D eigenvalue weighted by atomic mass is 9.95. The summed E-state index contributed by atoms with van der Waals surface area (Å²) in [6, 6.07) is 0.458. The summed E-state index contributed by atoms with van der Waals surface area (Å²) in [5.74, 6) is -0.561. The van der Waals surface area contributed by atoms with E-state index in [4.69, 9.17) is 5.73 Å². The standard InChI is InChI=1S/C16H25N3O2S.ClH/c1-9(2)19-7-6-10-11(8-19)22-14(12(10)13(17)20)18-15(21)16(3,4)5;/h9H,6-8H2,1-5H3,(H2,17,20)(H,18,21);1H. The highest BCUT2D eigenvalue weighted by Crippen LogP contribution is 2.38. The van der Waals surface area contributed by atoms with E-state index in [1.54, 1.807) is 0 Å². The molecule has 0 bridgehead atoms. The van der Waals surface area contributed by atoms with E-state index < -0.39 is 11.3 Å². The first-order chi connectivity index (χ1) is 10.1. The molecule has 3 N–H and O–H groups in total. The van der Waals surface area contributed by atoms with Crippen LogP contribution in [0, 0.1) is 5.41 Å². The van der Waals surface area contributed by atoms with Gasteiger partial charge in [-0.05, 0) is 25.8 Å². The molecule has 0 fully saturated rings. The van der Waals surface area contributed by atoms with Gasteiger partial charge in [0.25, 0.3) is 5.91 Å². The van der Waals surface area contributed by atoms with Gasteiger partial charge in [0.2, 0.25) is 5.91 Å².